The second-order valence-corrected chi connectivity index (χ2v) is 40.6. The number of Topliss-reactive ketones (excluding diaryl/α,β-unsaturated/α-hetero) is 1. The van der Waals surface area contributed by atoms with E-state index in [2.05, 4.69) is 108 Å². The lowest BCUT2D eigenvalue weighted by molar-refractivity contribution is -0.275. The number of nitrogens with two attached hydrogens (primary N) is 4. The largest absolute Gasteiger partial charge is 0.573 e. The topological polar surface area (TPSA) is 692 Å². The number of ether oxygens (including phenoxy) is 1. The summed E-state index contributed by atoms with van der Waals surface area (Å²) in [6, 6.07) is 28.9. The number of pyridine rings is 2. The van der Waals surface area contributed by atoms with E-state index in [0.717, 1.165) is 15.6 Å². The first-order valence-electron chi connectivity index (χ1n) is 43.7. The lowest BCUT2D eigenvalue weighted by Gasteiger charge is -2.19. The molecule has 16 rings (SSSR count). The zero-order chi connectivity index (χ0) is 105. The van der Waals surface area contributed by atoms with Crippen LogP contribution in [0.1, 0.15) is 141 Å². The Morgan fingerprint density at radius 3 is 1.56 bits per heavy atom. The molecule has 16 N–H and O–H groups in total. The number of nitrogens with zero attached hydrogens (tertiary/aromatic N) is 16. The molecule has 9 aromatic heterocycles. The number of alkyl halides is 3. The van der Waals surface area contributed by atoms with Gasteiger partial charge in [0.05, 0.1) is 116 Å². The Balaban J connectivity index is 0.000000162. The van der Waals surface area contributed by atoms with Crippen LogP contribution in [-0.4, -0.2) is 254 Å². The fourth-order valence-corrected chi connectivity index (χ4v) is 18.9. The maximum Gasteiger partial charge on any atom is 0.573 e. The first-order chi connectivity index (χ1) is 68.6. The summed E-state index contributed by atoms with van der Waals surface area (Å²) in [5.74, 6) is -5.30. The van der Waals surface area contributed by atoms with Crippen molar-refractivity contribution in [3.8, 4) is 5.75 Å². The minimum Gasteiger partial charge on any atom is -0.405 e. The number of aliphatic hydroxyl groups is 6. The van der Waals surface area contributed by atoms with Crippen molar-refractivity contribution >= 4 is 121 Å². The molecule has 4 fully saturated rings. The molecule has 57 heteroatoms. The maximum atomic E-state index is 13.4. The quantitative estimate of drug-likeness (QED) is 0.0144. The highest BCUT2D eigenvalue weighted by molar-refractivity contribution is 9.10. The van der Waals surface area contributed by atoms with Crippen LogP contribution in [0.15, 0.2) is 194 Å². The Morgan fingerprint density at radius 1 is 0.476 bits per heavy atom. The average molecular weight is 2200 g/mol. The van der Waals surface area contributed by atoms with E-state index < -0.39 is 150 Å². The molecule has 0 radical (unpaired) electrons. The second kappa shape index (κ2) is 48.4. The van der Waals surface area contributed by atoms with Crippen molar-refractivity contribution in [2.24, 2.45) is 56.1 Å². The molecule has 46 nitrogen and oxygen atoms in total. The average Bonchev–Trinajstić information content (AvgIpc) is 1.69. The van der Waals surface area contributed by atoms with Gasteiger partial charge in [-0.1, -0.05) is 81.6 Å². The summed E-state index contributed by atoms with van der Waals surface area (Å²) in [7, 11) is -16.6. The van der Waals surface area contributed by atoms with Crippen molar-refractivity contribution < 1.29 is 127 Å². The molecule has 772 valence electrons. The van der Waals surface area contributed by atoms with E-state index in [1.54, 1.807) is 101 Å². The van der Waals surface area contributed by atoms with Crippen LogP contribution in [0.2, 0.25) is 10.2 Å². The van der Waals surface area contributed by atoms with Gasteiger partial charge >= 0.3 is 47.6 Å². The van der Waals surface area contributed by atoms with Gasteiger partial charge in [-0.05, 0) is 147 Å². The summed E-state index contributed by atoms with van der Waals surface area (Å²) in [4.78, 5) is 97.8. The smallest absolute Gasteiger partial charge is 0.405 e. The monoisotopic (exact) mass is 2190 g/mol. The number of carbonyl (C=O) groups excluding carboxylic acids is 5. The number of aliphatic hydroxyl groups excluding tert-OH is 6. The van der Waals surface area contributed by atoms with Gasteiger partial charge in [-0.25, -0.2) is 59.8 Å². The number of carbonyl (C=O) groups is 5. The third-order valence-electron chi connectivity index (χ3n) is 23.6. The number of hydrogen-bond donors (Lipinski definition) is 12. The molecule has 4 saturated carbocycles. The third kappa shape index (κ3) is 31.7. The minimum absolute atomic E-state index is 0.0152. The van der Waals surface area contributed by atoms with Crippen LogP contribution in [0.25, 0.3) is 0 Å². The van der Waals surface area contributed by atoms with Crippen molar-refractivity contribution in [2.45, 2.75) is 133 Å². The normalized spacial score (nSPS) is 21.0. The van der Waals surface area contributed by atoms with E-state index in [9.17, 15) is 106 Å². The second-order valence-electron chi connectivity index (χ2n) is 34.0. The fourth-order valence-electron chi connectivity index (χ4n) is 16.7. The molecule has 0 amide bonds. The highest BCUT2D eigenvalue weighted by Gasteiger charge is 2.45. The molecular weight excluding hydrogens is 2100 g/mol. The first-order valence-corrected chi connectivity index (χ1v) is 51.1. The van der Waals surface area contributed by atoms with E-state index in [4.69, 9.17) is 43.8 Å². The number of hydrogen-bond acceptors (Lipinski definition) is 38. The zero-order valence-electron chi connectivity index (χ0n) is 75.6. The van der Waals surface area contributed by atoms with Crippen molar-refractivity contribution in [2.75, 3.05) is 37.1 Å². The predicted octanol–water partition coefficient (Wildman–Crippen LogP) is 4.54. The molecular formula is C88H93BrCl2F4N22O24S4. The summed E-state index contributed by atoms with van der Waals surface area (Å²) >= 11 is 15.1. The Bertz CT molecular complexity index is 7130. The Kier molecular flexibility index (Phi) is 36.7. The van der Waals surface area contributed by atoms with Crippen LogP contribution in [0.3, 0.4) is 0 Å². The van der Waals surface area contributed by atoms with Crippen molar-refractivity contribution in [3.05, 3.63) is 289 Å². The van der Waals surface area contributed by atoms with E-state index >= 15 is 0 Å². The SMILES string of the molecule is NS(=O)(=O)OC[C@H]1C[C@@H](Cc2ccncc2C(=O)c2ccn(Cc3ccc(F)c(Cl)c3)n2)C[C@@H]1O.NS(=O)(=O)OC[C@H]1C[C@@H](Cc2ncncc2C(=O)c2ccn(Cc3ccccc3OC(F)(F)F)n2)[C@H](O)[C@@H]1O.NS(=O)(=O)OC[C@H]1C[C@@H](Nc2ncncc2C(=O)c2ccn(CC(=O)c3cccc(Br)c3)n2)[C@H](O)[C@@H]1O.NS(=O)(=O)OC[C@H]1C[C@@H](Nc2ncncc2C(=O)c2ccn(Cc3cccc(Cl)n3)n2)C[C@@H]1O. The standard InChI is InChI=1S/C23H24ClFN4O5S.C23H24F3N5O7S.C22H23BrN6O7S.C20H22ClN7O5S/c24-19-9-14(1-2-20(19)25)12-29-6-4-21(28-29)23(31)18-11-27-5-3-16(18)7-15-8-17(22(30)10-15)13-34-35(26,32)33;24-23(25,26)38-19-4-2-1-3-13(19)10-31-6-5-17(30-31)22(34)16-9-28-12-29-18(16)8-14-7-15(21(33)20(14)32)11-37-39(27,35)36;23-14-3-1-2-12(6-14)18(30)9-29-5-4-16(28-29)20(32)15-8-25-11-26-22(15)27-17-7-13(19(31)21(17)33)10-36-37(24,34)35;21-18-3-1-2-13(25-18)9-28-5-4-16(27-28)19(30)15-8-23-11-24-20(15)26-14-6-12(17(29)7-14)10-33-34(22,31)32/h1-6,9,11,15,17,22,30H,7-8,10,12-13H2,(H2,26,32,33);1-6,9,12,14-15,20-21,32-33H,7-8,10-11H2,(H2,27,35,36);1-6,8,11,13,17,19,21,31,33H,7,9-10H2,(H2,24,34,35)(H,25,26,27);1-5,8,11-12,14,17,29H,6-7,9-10H2,(H2,22,31,32)(H,23,24,26)/t15-,17-,22+;14-,15+,20-,21+;13-,17-,19-,21+;12-,14-,17+/m1011/s1. The molecule has 0 aliphatic heterocycles. The molecule has 0 bridgehead atoms. The van der Waals surface area contributed by atoms with Gasteiger partial charge in [0.1, 0.15) is 82.8 Å². The van der Waals surface area contributed by atoms with Crippen molar-refractivity contribution in [1.29, 1.82) is 0 Å². The summed E-state index contributed by atoms with van der Waals surface area (Å²) in [6.07, 6.45) is 8.02. The number of benzene rings is 3. The van der Waals surface area contributed by atoms with Crippen LogP contribution in [0.5, 0.6) is 5.75 Å². The lowest BCUT2D eigenvalue weighted by Crippen LogP contribution is -2.36. The van der Waals surface area contributed by atoms with Gasteiger partial charge in [0, 0.05) is 107 Å². The van der Waals surface area contributed by atoms with Gasteiger partial charge in [-0.15, -0.1) is 13.2 Å². The number of halogens is 7. The number of anilines is 2. The van der Waals surface area contributed by atoms with Crippen molar-refractivity contribution in [3.63, 3.8) is 0 Å². The van der Waals surface area contributed by atoms with Gasteiger partial charge in [0.2, 0.25) is 23.1 Å². The molecule has 0 saturated heterocycles. The molecule has 9 heterocycles. The van der Waals surface area contributed by atoms with Crippen LogP contribution < -0.4 is 35.9 Å². The molecule has 4 aliphatic carbocycles. The van der Waals surface area contributed by atoms with E-state index in [1.165, 1.54) is 108 Å². The summed E-state index contributed by atoms with van der Waals surface area (Å²) < 4.78 is 169. The van der Waals surface area contributed by atoms with Gasteiger partial charge in [0.15, 0.2) is 5.78 Å². The summed E-state index contributed by atoms with van der Waals surface area (Å²) in [6.45, 7) is -0.776. The van der Waals surface area contributed by atoms with E-state index in [-0.39, 0.29) is 148 Å². The zero-order valence-corrected chi connectivity index (χ0v) is 81.9. The Morgan fingerprint density at radius 2 is 0.972 bits per heavy atom. The molecule has 0 unspecified atom stereocenters. The van der Waals surface area contributed by atoms with Gasteiger partial charge in [-0.2, -0.15) is 54.1 Å². The van der Waals surface area contributed by atoms with Crippen LogP contribution >= 0.6 is 39.1 Å². The number of para-hydroxylation sites is 1. The van der Waals surface area contributed by atoms with Gasteiger partial charge in [0.25, 0.3) is 0 Å². The molecule has 145 heavy (non-hydrogen) atoms. The Labute approximate surface area is 842 Å². The van der Waals surface area contributed by atoms with Crippen LogP contribution in [-0.2, 0) is 97.0 Å². The van der Waals surface area contributed by atoms with Crippen LogP contribution in [0, 0.1) is 41.3 Å². The molecule has 14 atom stereocenters. The molecule has 4 aliphatic rings. The maximum absolute atomic E-state index is 13.4. The minimum atomic E-state index is -4.87. The fraction of sp³-hybridized carbons (Fsp3) is 0.352. The number of ketones is 5. The van der Waals surface area contributed by atoms with E-state index in [1.807, 2.05) is 0 Å². The molecule has 12 aromatic rings. The molecule has 0 spiro atoms. The Hall–Kier alpha value is -12.2. The number of nitrogens with one attached hydrogen (secondary N) is 2. The van der Waals surface area contributed by atoms with Crippen molar-refractivity contribution in [1.82, 2.24) is 79.0 Å². The number of rotatable bonds is 38. The first kappa shape index (κ1) is 110. The van der Waals surface area contributed by atoms with Gasteiger partial charge in [-0.3, -0.25) is 64.4 Å². The third-order valence-corrected chi connectivity index (χ3v) is 26.4. The highest BCUT2D eigenvalue weighted by atomic mass is 79.9. The summed E-state index contributed by atoms with van der Waals surface area (Å²) in [5.41, 5.74) is 4.35. The highest BCUT2D eigenvalue weighted by Crippen LogP contribution is 2.39. The number of aromatic nitrogens is 16. The van der Waals surface area contributed by atoms with Gasteiger partial charge < -0.3 is 46.0 Å². The van der Waals surface area contributed by atoms with E-state index in [0.29, 0.717) is 67.2 Å². The predicted molar refractivity (Wildman–Crippen MR) is 506 cm³/mol. The van der Waals surface area contributed by atoms with Crippen LogP contribution in [0.4, 0.5) is 29.2 Å². The summed E-state index contributed by atoms with van der Waals surface area (Å²) in [5, 5.41) is 105. The lowest BCUT2D eigenvalue weighted by atomic mass is 9.93. The molecule has 3 aromatic carbocycles.